The van der Waals surface area contributed by atoms with E-state index in [0.717, 1.165) is 31.2 Å². The Kier molecular flexibility index (Phi) is 8.09. The molecule has 1 atom stereocenters. The standard InChI is InChI=1S/C24H30N6O3S2/c1-18(30-23(25)27-28-24(30)34-17-19-9-5-4-6-10-19)22(31)26-20-11-13-21(14-12-20)35(32,33)29-15-7-2-3-8-16-29/h4-6,9-14,18H,2-3,7-8,15-17H2,1H3,(H2,25,27)(H,26,31). The Labute approximate surface area is 210 Å². The number of aromatic nitrogens is 3. The van der Waals surface area contributed by atoms with E-state index >= 15 is 0 Å². The summed E-state index contributed by atoms with van der Waals surface area (Å²) in [5.74, 6) is 0.517. The van der Waals surface area contributed by atoms with E-state index in [1.165, 1.54) is 23.9 Å². The lowest BCUT2D eigenvalue weighted by molar-refractivity contribution is -0.118. The summed E-state index contributed by atoms with van der Waals surface area (Å²) in [5.41, 5.74) is 7.64. The molecule has 1 unspecified atom stereocenters. The minimum Gasteiger partial charge on any atom is -0.368 e. The van der Waals surface area contributed by atoms with Gasteiger partial charge in [-0.05, 0) is 49.6 Å². The van der Waals surface area contributed by atoms with Gasteiger partial charge < -0.3 is 11.1 Å². The van der Waals surface area contributed by atoms with Crippen LogP contribution in [0.3, 0.4) is 0 Å². The highest BCUT2D eigenvalue weighted by Crippen LogP contribution is 2.27. The molecule has 0 spiro atoms. The molecular weight excluding hydrogens is 484 g/mol. The van der Waals surface area contributed by atoms with E-state index in [-0.39, 0.29) is 16.8 Å². The van der Waals surface area contributed by atoms with Gasteiger partial charge in [0.2, 0.25) is 21.9 Å². The quantitative estimate of drug-likeness (QED) is 0.437. The van der Waals surface area contributed by atoms with Crippen LogP contribution in [-0.4, -0.2) is 46.5 Å². The van der Waals surface area contributed by atoms with Crippen molar-refractivity contribution >= 4 is 39.3 Å². The van der Waals surface area contributed by atoms with Gasteiger partial charge in [-0.15, -0.1) is 10.2 Å². The van der Waals surface area contributed by atoms with Crippen LogP contribution in [0.4, 0.5) is 11.6 Å². The first-order valence-corrected chi connectivity index (χ1v) is 14.1. The highest BCUT2D eigenvalue weighted by atomic mass is 32.2. The van der Waals surface area contributed by atoms with E-state index in [0.29, 0.717) is 29.7 Å². The molecule has 35 heavy (non-hydrogen) atoms. The number of nitrogen functional groups attached to an aromatic ring is 1. The Morgan fingerprint density at radius 3 is 2.34 bits per heavy atom. The summed E-state index contributed by atoms with van der Waals surface area (Å²) >= 11 is 1.45. The molecule has 2 heterocycles. The lowest BCUT2D eigenvalue weighted by Crippen LogP contribution is -2.31. The predicted octanol–water partition coefficient (Wildman–Crippen LogP) is 3.92. The van der Waals surface area contributed by atoms with Gasteiger partial charge in [-0.1, -0.05) is 54.9 Å². The van der Waals surface area contributed by atoms with Crippen LogP contribution in [0.15, 0.2) is 64.6 Å². The topological polar surface area (TPSA) is 123 Å². The number of carbonyl (C=O) groups is 1. The van der Waals surface area contributed by atoms with Crippen molar-refractivity contribution in [2.24, 2.45) is 0 Å². The van der Waals surface area contributed by atoms with Crippen molar-refractivity contribution < 1.29 is 13.2 Å². The fraction of sp³-hybridized carbons (Fsp3) is 0.375. The minimum atomic E-state index is -3.54. The number of carbonyl (C=O) groups excluding carboxylic acids is 1. The van der Waals surface area contributed by atoms with Crippen LogP contribution in [0.5, 0.6) is 0 Å². The normalized spacial score (nSPS) is 15.9. The van der Waals surface area contributed by atoms with Crippen molar-refractivity contribution in [1.29, 1.82) is 0 Å². The van der Waals surface area contributed by atoms with Crippen molar-refractivity contribution in [3.05, 3.63) is 60.2 Å². The van der Waals surface area contributed by atoms with Crippen LogP contribution in [-0.2, 0) is 20.6 Å². The number of hydrogen-bond donors (Lipinski definition) is 2. The Balaban J connectivity index is 1.42. The zero-order chi connectivity index (χ0) is 24.8. The highest BCUT2D eigenvalue weighted by Gasteiger charge is 2.26. The molecule has 1 amide bonds. The molecule has 186 valence electrons. The van der Waals surface area contributed by atoms with Crippen LogP contribution in [0.25, 0.3) is 0 Å². The third-order valence-electron chi connectivity index (χ3n) is 5.99. The first kappa shape index (κ1) is 25.2. The number of nitrogens with one attached hydrogen (secondary N) is 1. The van der Waals surface area contributed by atoms with Crippen LogP contribution in [0.1, 0.15) is 44.2 Å². The van der Waals surface area contributed by atoms with E-state index in [2.05, 4.69) is 15.5 Å². The average Bonchev–Trinajstić information content (AvgIpc) is 3.04. The molecule has 2 aromatic carbocycles. The number of nitrogens with two attached hydrogens (primary N) is 1. The van der Waals surface area contributed by atoms with Crippen LogP contribution in [0.2, 0.25) is 0 Å². The number of anilines is 2. The molecule has 0 aliphatic carbocycles. The summed E-state index contributed by atoms with van der Waals surface area (Å²) in [6, 6.07) is 15.6. The molecule has 1 aromatic heterocycles. The molecule has 1 aliphatic rings. The zero-order valence-corrected chi connectivity index (χ0v) is 21.3. The molecule has 11 heteroatoms. The van der Waals surface area contributed by atoms with E-state index < -0.39 is 16.1 Å². The fourth-order valence-electron chi connectivity index (χ4n) is 3.98. The maximum atomic E-state index is 13.0. The van der Waals surface area contributed by atoms with Crippen molar-refractivity contribution in [3.8, 4) is 0 Å². The molecule has 4 rings (SSSR count). The molecule has 9 nitrogen and oxygen atoms in total. The second-order valence-electron chi connectivity index (χ2n) is 8.49. The molecule has 0 saturated carbocycles. The number of sulfonamides is 1. The van der Waals surface area contributed by atoms with Gasteiger partial charge in [0.05, 0.1) is 4.90 Å². The second kappa shape index (κ2) is 11.2. The third-order valence-corrected chi connectivity index (χ3v) is 8.92. The summed E-state index contributed by atoms with van der Waals surface area (Å²) in [6.07, 6.45) is 3.86. The zero-order valence-electron chi connectivity index (χ0n) is 19.6. The summed E-state index contributed by atoms with van der Waals surface area (Å²) in [5, 5.41) is 11.5. The highest BCUT2D eigenvalue weighted by molar-refractivity contribution is 7.98. The number of benzene rings is 2. The SMILES string of the molecule is CC(C(=O)Nc1ccc(S(=O)(=O)N2CCCCCC2)cc1)n1c(N)nnc1SCc1ccccc1. The summed E-state index contributed by atoms with van der Waals surface area (Å²) in [4.78, 5) is 13.2. The number of rotatable bonds is 8. The Morgan fingerprint density at radius 1 is 1.03 bits per heavy atom. The first-order chi connectivity index (χ1) is 16.9. The Hall–Kier alpha value is -2.89. The van der Waals surface area contributed by atoms with Gasteiger partial charge >= 0.3 is 0 Å². The average molecular weight is 515 g/mol. The monoisotopic (exact) mass is 514 g/mol. The van der Waals surface area contributed by atoms with Gasteiger partial charge in [-0.25, -0.2) is 8.42 Å². The molecule has 3 N–H and O–H groups in total. The van der Waals surface area contributed by atoms with Crippen molar-refractivity contribution in [1.82, 2.24) is 19.1 Å². The molecule has 1 fully saturated rings. The second-order valence-corrected chi connectivity index (χ2v) is 11.4. The molecular formula is C24H30N6O3S2. The van der Waals surface area contributed by atoms with Gasteiger partial charge in [0.1, 0.15) is 6.04 Å². The summed E-state index contributed by atoms with van der Waals surface area (Å²) < 4.78 is 29.1. The maximum Gasteiger partial charge on any atom is 0.247 e. The van der Waals surface area contributed by atoms with Gasteiger partial charge in [0.25, 0.3) is 0 Å². The Morgan fingerprint density at radius 2 is 1.69 bits per heavy atom. The minimum absolute atomic E-state index is 0.155. The van der Waals surface area contributed by atoms with Crippen molar-refractivity contribution in [3.63, 3.8) is 0 Å². The van der Waals surface area contributed by atoms with Crippen LogP contribution >= 0.6 is 11.8 Å². The van der Waals surface area contributed by atoms with Crippen molar-refractivity contribution in [2.45, 2.75) is 54.5 Å². The van der Waals surface area contributed by atoms with Gasteiger partial charge in [0.15, 0.2) is 5.16 Å². The first-order valence-electron chi connectivity index (χ1n) is 11.6. The van der Waals surface area contributed by atoms with E-state index in [9.17, 15) is 13.2 Å². The van der Waals surface area contributed by atoms with Gasteiger partial charge in [-0.2, -0.15) is 4.31 Å². The fourth-order valence-corrected chi connectivity index (χ4v) is 6.47. The Bertz CT molecular complexity index is 1240. The molecule has 0 radical (unpaired) electrons. The van der Waals surface area contributed by atoms with Crippen LogP contribution in [0, 0.1) is 0 Å². The maximum absolute atomic E-state index is 13.0. The van der Waals surface area contributed by atoms with Crippen LogP contribution < -0.4 is 11.1 Å². The largest absolute Gasteiger partial charge is 0.368 e. The number of nitrogens with zero attached hydrogens (tertiary/aromatic N) is 4. The lowest BCUT2D eigenvalue weighted by Gasteiger charge is -2.20. The number of amides is 1. The van der Waals surface area contributed by atoms with Crippen molar-refractivity contribution in [2.75, 3.05) is 24.1 Å². The number of thioether (sulfide) groups is 1. The number of hydrogen-bond acceptors (Lipinski definition) is 7. The molecule has 0 bridgehead atoms. The van der Waals surface area contributed by atoms with Gasteiger partial charge in [0, 0.05) is 24.5 Å². The third kappa shape index (κ3) is 6.03. The lowest BCUT2D eigenvalue weighted by atomic mass is 10.2. The van der Waals surface area contributed by atoms with E-state index in [4.69, 9.17) is 5.73 Å². The summed E-state index contributed by atoms with van der Waals surface area (Å²) in [7, 11) is -3.54. The molecule has 1 aliphatic heterocycles. The van der Waals surface area contributed by atoms with E-state index in [1.54, 1.807) is 27.9 Å². The smallest absolute Gasteiger partial charge is 0.247 e. The van der Waals surface area contributed by atoms with Gasteiger partial charge in [-0.3, -0.25) is 9.36 Å². The molecule has 3 aromatic rings. The predicted molar refractivity (Wildman–Crippen MR) is 137 cm³/mol. The summed E-state index contributed by atoms with van der Waals surface area (Å²) in [6.45, 7) is 2.81. The molecule has 1 saturated heterocycles. The van der Waals surface area contributed by atoms with E-state index in [1.807, 2.05) is 30.3 Å².